The number of ether oxygens (including phenoxy) is 1. The first kappa shape index (κ1) is 19.2. The Morgan fingerprint density at radius 3 is 2.66 bits per heavy atom. The molecule has 1 heterocycles. The van der Waals surface area contributed by atoms with Gasteiger partial charge in [-0.1, -0.05) is 36.4 Å². The lowest BCUT2D eigenvalue weighted by atomic mass is 10.0. The van der Waals surface area contributed by atoms with Crippen molar-refractivity contribution in [3.05, 3.63) is 93.9 Å². The third-order valence-corrected chi connectivity index (χ3v) is 5.30. The second kappa shape index (κ2) is 7.70. The van der Waals surface area contributed by atoms with Crippen LogP contribution >= 0.6 is 0 Å². The molecule has 1 saturated carbocycles. The van der Waals surface area contributed by atoms with Crippen molar-refractivity contribution >= 4 is 16.9 Å². The highest BCUT2D eigenvalue weighted by Gasteiger charge is 2.43. The molecule has 0 saturated heterocycles. The summed E-state index contributed by atoms with van der Waals surface area (Å²) in [5.74, 6) is 0.853. The van der Waals surface area contributed by atoms with Crippen molar-refractivity contribution in [1.82, 2.24) is 0 Å². The molecular formula is C25H24O4. The average Bonchev–Trinajstić information content (AvgIpc) is 3.50. The normalized spacial score (nSPS) is 18.0. The molecule has 0 spiro atoms. The molecule has 1 aliphatic carbocycles. The first-order valence-electron chi connectivity index (χ1n) is 9.96. The summed E-state index contributed by atoms with van der Waals surface area (Å²) in [5.41, 5.74) is 2.64. The van der Waals surface area contributed by atoms with Gasteiger partial charge in [-0.15, -0.1) is 6.58 Å². The van der Waals surface area contributed by atoms with Gasteiger partial charge in [0.2, 0.25) is 0 Å². The fraction of sp³-hybridized carbons (Fsp3) is 0.280. The number of hydrogen-bond donors (Lipinski definition) is 0. The maximum absolute atomic E-state index is 13.3. The van der Waals surface area contributed by atoms with E-state index < -0.39 is 5.97 Å². The van der Waals surface area contributed by atoms with Crippen LogP contribution in [0.5, 0.6) is 0 Å². The Kier molecular flexibility index (Phi) is 5.10. The molecule has 0 radical (unpaired) electrons. The molecule has 148 valence electrons. The van der Waals surface area contributed by atoms with E-state index in [0.29, 0.717) is 34.4 Å². The Morgan fingerprint density at radius 1 is 1.21 bits per heavy atom. The third-order valence-electron chi connectivity index (χ3n) is 5.30. The first-order valence-corrected chi connectivity index (χ1v) is 9.96. The molecule has 2 atom stereocenters. The van der Waals surface area contributed by atoms with E-state index in [0.717, 1.165) is 12.2 Å². The molecule has 4 heteroatoms. The summed E-state index contributed by atoms with van der Waals surface area (Å²) in [5, 5.41) is 0.403. The maximum Gasteiger partial charge on any atom is 0.338 e. The fourth-order valence-electron chi connectivity index (χ4n) is 3.85. The van der Waals surface area contributed by atoms with Crippen molar-refractivity contribution < 1.29 is 13.9 Å². The number of hydrogen-bond acceptors (Lipinski definition) is 4. The second-order valence-electron chi connectivity index (χ2n) is 7.79. The van der Waals surface area contributed by atoms with E-state index in [1.54, 1.807) is 38.1 Å². The van der Waals surface area contributed by atoms with Gasteiger partial charge in [-0.2, -0.15) is 0 Å². The van der Waals surface area contributed by atoms with Crippen LogP contribution < -0.4 is 5.43 Å². The van der Waals surface area contributed by atoms with Gasteiger partial charge in [0, 0.05) is 11.5 Å². The summed E-state index contributed by atoms with van der Waals surface area (Å²) >= 11 is 0. The molecular weight excluding hydrogens is 364 g/mol. The third kappa shape index (κ3) is 3.75. The van der Waals surface area contributed by atoms with Crippen LogP contribution in [-0.4, -0.2) is 12.1 Å². The number of esters is 1. The van der Waals surface area contributed by atoms with Gasteiger partial charge in [-0.25, -0.2) is 4.79 Å². The number of carbonyl (C=O) groups excluding carboxylic acids is 1. The van der Waals surface area contributed by atoms with Gasteiger partial charge in [-0.05, 0) is 56.4 Å². The monoisotopic (exact) mass is 388 g/mol. The molecule has 1 aliphatic rings. The predicted molar refractivity (Wildman–Crippen MR) is 113 cm³/mol. The molecule has 0 amide bonds. The zero-order valence-corrected chi connectivity index (χ0v) is 16.7. The highest BCUT2D eigenvalue weighted by Crippen LogP contribution is 2.55. The summed E-state index contributed by atoms with van der Waals surface area (Å²) in [7, 11) is 0. The van der Waals surface area contributed by atoms with Crippen molar-refractivity contribution in [2.75, 3.05) is 0 Å². The SMILES string of the molecule is C=CCc1c(C2CC2c2ccccc2)oc2ccc(C(=O)OC(C)C)cc2c1=O. The van der Waals surface area contributed by atoms with Crippen LogP contribution in [0.4, 0.5) is 0 Å². The number of rotatable bonds is 6. The molecule has 29 heavy (non-hydrogen) atoms. The molecule has 2 aromatic carbocycles. The maximum atomic E-state index is 13.3. The van der Waals surface area contributed by atoms with Gasteiger partial charge < -0.3 is 9.15 Å². The molecule has 2 unspecified atom stereocenters. The second-order valence-corrected chi connectivity index (χ2v) is 7.79. The van der Waals surface area contributed by atoms with E-state index >= 15 is 0 Å². The number of allylic oxidation sites excluding steroid dienone is 1. The fourth-order valence-corrected chi connectivity index (χ4v) is 3.85. The first-order chi connectivity index (χ1) is 14.0. The van der Waals surface area contributed by atoms with Crippen molar-refractivity contribution in [2.24, 2.45) is 0 Å². The molecule has 1 aromatic heterocycles. The van der Waals surface area contributed by atoms with Crippen molar-refractivity contribution in [3.8, 4) is 0 Å². The molecule has 0 bridgehead atoms. The Bertz CT molecular complexity index is 1120. The van der Waals surface area contributed by atoms with Gasteiger partial charge >= 0.3 is 5.97 Å². The van der Waals surface area contributed by atoms with Crippen molar-refractivity contribution in [1.29, 1.82) is 0 Å². The van der Waals surface area contributed by atoms with Crippen LogP contribution in [0.3, 0.4) is 0 Å². The molecule has 0 N–H and O–H groups in total. The van der Waals surface area contributed by atoms with Gasteiger partial charge in [0.05, 0.1) is 17.1 Å². The van der Waals surface area contributed by atoms with Crippen LogP contribution in [0.1, 0.15) is 59.3 Å². The number of fused-ring (bicyclic) bond motifs is 1. The minimum atomic E-state index is -0.443. The van der Waals surface area contributed by atoms with Gasteiger partial charge in [0.15, 0.2) is 5.43 Å². The summed E-state index contributed by atoms with van der Waals surface area (Å²) in [6, 6.07) is 15.2. The Morgan fingerprint density at radius 2 is 1.97 bits per heavy atom. The van der Waals surface area contributed by atoms with Crippen molar-refractivity contribution in [3.63, 3.8) is 0 Å². The quantitative estimate of drug-likeness (QED) is 0.421. The van der Waals surface area contributed by atoms with Gasteiger partial charge in [0.1, 0.15) is 11.3 Å². The van der Waals surface area contributed by atoms with Gasteiger partial charge in [-0.3, -0.25) is 4.79 Å². The van der Waals surface area contributed by atoms with E-state index in [1.807, 2.05) is 18.2 Å². The lowest BCUT2D eigenvalue weighted by Gasteiger charge is -2.11. The summed E-state index contributed by atoms with van der Waals surface area (Å²) in [6.45, 7) is 7.38. The van der Waals surface area contributed by atoms with Crippen LogP contribution in [0.2, 0.25) is 0 Å². The minimum Gasteiger partial charge on any atom is -0.460 e. The smallest absolute Gasteiger partial charge is 0.338 e. The minimum absolute atomic E-state index is 0.0981. The standard InChI is InChI=1S/C25H24O4/c1-4-8-18-23(26)21-13-17(25(27)28-15(2)3)11-12-22(21)29-24(18)20-14-19(20)16-9-6-5-7-10-16/h4-7,9-13,15,19-20H,1,8,14H2,2-3H3. The average molecular weight is 388 g/mol. The number of carbonyl (C=O) groups is 1. The summed E-state index contributed by atoms with van der Waals surface area (Å²) < 4.78 is 11.5. The van der Waals surface area contributed by atoms with Crippen LogP contribution in [0.15, 0.2) is 70.4 Å². The molecule has 4 nitrogen and oxygen atoms in total. The lowest BCUT2D eigenvalue weighted by Crippen LogP contribution is -2.15. The van der Waals surface area contributed by atoms with Crippen LogP contribution in [0, 0.1) is 0 Å². The Balaban J connectivity index is 1.76. The van der Waals surface area contributed by atoms with E-state index in [2.05, 4.69) is 18.7 Å². The highest BCUT2D eigenvalue weighted by atomic mass is 16.5. The summed E-state index contributed by atoms with van der Waals surface area (Å²) in [6.07, 6.45) is 2.89. The van der Waals surface area contributed by atoms with E-state index in [1.165, 1.54) is 5.56 Å². The van der Waals surface area contributed by atoms with Crippen LogP contribution in [-0.2, 0) is 11.2 Å². The van der Waals surface area contributed by atoms with E-state index in [9.17, 15) is 9.59 Å². The Labute approximate surface area is 169 Å². The number of benzene rings is 2. The largest absolute Gasteiger partial charge is 0.460 e. The summed E-state index contributed by atoms with van der Waals surface area (Å²) in [4.78, 5) is 25.5. The molecule has 3 aromatic rings. The predicted octanol–water partition coefficient (Wildman–Crippen LogP) is 5.36. The van der Waals surface area contributed by atoms with Crippen LogP contribution in [0.25, 0.3) is 11.0 Å². The topological polar surface area (TPSA) is 56.5 Å². The highest BCUT2D eigenvalue weighted by molar-refractivity contribution is 5.94. The van der Waals surface area contributed by atoms with E-state index in [-0.39, 0.29) is 17.5 Å². The van der Waals surface area contributed by atoms with E-state index in [4.69, 9.17) is 9.15 Å². The molecule has 0 aliphatic heterocycles. The van der Waals surface area contributed by atoms with Gasteiger partial charge in [0.25, 0.3) is 0 Å². The molecule has 4 rings (SSSR count). The van der Waals surface area contributed by atoms with Crippen molar-refractivity contribution in [2.45, 2.75) is 44.6 Å². The zero-order valence-electron chi connectivity index (χ0n) is 16.7. The zero-order chi connectivity index (χ0) is 20.5. The molecule has 1 fully saturated rings. The Hall–Kier alpha value is -3.14. The lowest BCUT2D eigenvalue weighted by molar-refractivity contribution is 0.0378.